The van der Waals surface area contributed by atoms with Crippen molar-refractivity contribution in [3.63, 3.8) is 0 Å². The first-order valence-electron chi connectivity index (χ1n) is 6.21. The highest BCUT2D eigenvalue weighted by Gasteiger charge is 2.26. The molecule has 0 N–H and O–H groups in total. The Kier molecular flexibility index (Phi) is 4.37. The van der Waals surface area contributed by atoms with Crippen molar-refractivity contribution in [3.05, 3.63) is 23.8 Å². The Bertz CT molecular complexity index is 501. The average molecular weight is 261 g/mol. The first kappa shape index (κ1) is 13.4. The van der Waals surface area contributed by atoms with E-state index in [1.807, 2.05) is 13.0 Å². The fourth-order valence-electron chi connectivity index (χ4n) is 1.84. The third kappa shape index (κ3) is 3.24. The minimum atomic E-state index is -0.317. The number of nitrogens with zero attached hydrogens (tertiary/aromatic N) is 1. The predicted molar refractivity (Wildman–Crippen MR) is 66.9 cm³/mol. The molecular weight excluding hydrogens is 246 g/mol. The number of hydrogen-bond acceptors (Lipinski definition) is 5. The van der Waals surface area contributed by atoms with Gasteiger partial charge in [-0.1, -0.05) is 0 Å². The van der Waals surface area contributed by atoms with E-state index in [1.165, 1.54) is 0 Å². The van der Waals surface area contributed by atoms with Crippen molar-refractivity contribution in [2.45, 2.75) is 13.3 Å². The van der Waals surface area contributed by atoms with Crippen molar-refractivity contribution in [3.8, 4) is 17.6 Å². The van der Waals surface area contributed by atoms with Crippen LogP contribution in [0.5, 0.6) is 11.5 Å². The number of rotatable bonds is 4. The molecule has 1 aromatic carbocycles. The number of esters is 1. The molecule has 100 valence electrons. The van der Waals surface area contributed by atoms with Crippen molar-refractivity contribution < 1.29 is 19.0 Å². The first-order valence-corrected chi connectivity index (χ1v) is 6.21. The number of nitriles is 1. The third-order valence-corrected chi connectivity index (χ3v) is 2.85. The van der Waals surface area contributed by atoms with Gasteiger partial charge in [0.25, 0.3) is 0 Å². The minimum absolute atomic E-state index is 0.217. The summed E-state index contributed by atoms with van der Waals surface area (Å²) in [5, 5.41) is 8.85. The molecule has 0 bridgehead atoms. The van der Waals surface area contributed by atoms with Gasteiger partial charge < -0.3 is 14.2 Å². The van der Waals surface area contributed by atoms with Gasteiger partial charge in [0.15, 0.2) is 11.5 Å². The summed E-state index contributed by atoms with van der Waals surface area (Å²) in [7, 11) is 0. The van der Waals surface area contributed by atoms with E-state index < -0.39 is 0 Å². The third-order valence-electron chi connectivity index (χ3n) is 2.85. The van der Waals surface area contributed by atoms with E-state index in [2.05, 4.69) is 0 Å². The number of carbonyl (C=O) groups is 1. The van der Waals surface area contributed by atoms with Gasteiger partial charge in [-0.15, -0.1) is 0 Å². The van der Waals surface area contributed by atoms with Gasteiger partial charge in [-0.2, -0.15) is 5.26 Å². The highest BCUT2D eigenvalue weighted by molar-refractivity contribution is 5.76. The number of carbonyl (C=O) groups excluding carboxylic acids is 1. The van der Waals surface area contributed by atoms with Crippen LogP contribution in [-0.4, -0.2) is 25.8 Å². The van der Waals surface area contributed by atoms with Crippen LogP contribution in [0.1, 0.15) is 18.9 Å². The van der Waals surface area contributed by atoms with E-state index in [0.29, 0.717) is 43.3 Å². The summed E-state index contributed by atoms with van der Waals surface area (Å²) in [6.07, 6.45) is 0.680. The lowest BCUT2D eigenvalue weighted by Gasteiger charge is -2.12. The van der Waals surface area contributed by atoms with Gasteiger partial charge >= 0.3 is 5.97 Å². The molecule has 1 aliphatic heterocycles. The lowest BCUT2D eigenvalue weighted by molar-refractivity contribution is -0.139. The fraction of sp³-hybridized carbons (Fsp3) is 0.429. The Labute approximate surface area is 111 Å². The second kappa shape index (κ2) is 6.21. The Balaban J connectivity index is 2.14. The minimum Gasteiger partial charge on any atom is -0.490 e. The molecule has 19 heavy (non-hydrogen) atoms. The van der Waals surface area contributed by atoms with Crippen LogP contribution in [-0.2, 0) is 9.53 Å². The molecule has 0 aliphatic carbocycles. The molecule has 0 aromatic heterocycles. The van der Waals surface area contributed by atoms with Gasteiger partial charge in [-0.3, -0.25) is 4.79 Å². The monoisotopic (exact) mass is 261 g/mol. The van der Waals surface area contributed by atoms with Crippen LogP contribution in [0.3, 0.4) is 0 Å². The van der Waals surface area contributed by atoms with Crippen molar-refractivity contribution in [1.29, 1.82) is 5.26 Å². The summed E-state index contributed by atoms with van der Waals surface area (Å²) < 4.78 is 15.9. The zero-order valence-electron chi connectivity index (χ0n) is 10.7. The maximum absolute atomic E-state index is 11.9. The maximum Gasteiger partial charge on any atom is 0.316 e. The van der Waals surface area contributed by atoms with Crippen LogP contribution < -0.4 is 9.47 Å². The standard InChI is InChI=1S/C14H15NO4/c1-2-18-13-7-10(8-15)3-4-12(13)19-14(16)11-5-6-17-9-11/h3-4,7,11H,2,5-6,9H2,1H3. The second-order valence-electron chi connectivity index (χ2n) is 4.19. The summed E-state index contributed by atoms with van der Waals surface area (Å²) in [5.41, 5.74) is 0.465. The van der Waals surface area contributed by atoms with Crippen LogP contribution in [0.4, 0.5) is 0 Å². The molecule has 1 aromatic rings. The van der Waals surface area contributed by atoms with E-state index in [-0.39, 0.29) is 11.9 Å². The topological polar surface area (TPSA) is 68.5 Å². The second-order valence-corrected chi connectivity index (χ2v) is 4.19. The van der Waals surface area contributed by atoms with E-state index in [0.717, 1.165) is 0 Å². The normalized spacial score (nSPS) is 17.8. The maximum atomic E-state index is 11.9. The van der Waals surface area contributed by atoms with Crippen LogP contribution in [0.15, 0.2) is 18.2 Å². The average Bonchev–Trinajstić information content (AvgIpc) is 2.95. The zero-order chi connectivity index (χ0) is 13.7. The molecule has 0 amide bonds. The van der Waals surface area contributed by atoms with Crippen LogP contribution in [0.2, 0.25) is 0 Å². The van der Waals surface area contributed by atoms with Crippen LogP contribution in [0.25, 0.3) is 0 Å². The molecule has 1 fully saturated rings. The molecule has 1 saturated heterocycles. The Morgan fingerprint density at radius 3 is 3.00 bits per heavy atom. The molecule has 2 rings (SSSR count). The molecule has 1 aliphatic rings. The summed E-state index contributed by atoms with van der Waals surface area (Å²) in [6.45, 7) is 3.26. The van der Waals surface area contributed by atoms with E-state index >= 15 is 0 Å². The molecule has 0 radical (unpaired) electrons. The van der Waals surface area contributed by atoms with Crippen molar-refractivity contribution >= 4 is 5.97 Å². The van der Waals surface area contributed by atoms with Gasteiger partial charge in [0.1, 0.15) is 0 Å². The van der Waals surface area contributed by atoms with Gasteiger partial charge in [-0.25, -0.2) is 0 Å². The fourth-order valence-corrected chi connectivity index (χ4v) is 1.84. The first-order chi connectivity index (χ1) is 9.24. The van der Waals surface area contributed by atoms with Crippen molar-refractivity contribution in [1.82, 2.24) is 0 Å². The molecule has 0 saturated carbocycles. The van der Waals surface area contributed by atoms with E-state index in [4.69, 9.17) is 19.5 Å². The van der Waals surface area contributed by atoms with Gasteiger partial charge in [0, 0.05) is 12.7 Å². The van der Waals surface area contributed by atoms with Crippen molar-refractivity contribution in [2.24, 2.45) is 5.92 Å². The summed E-state index contributed by atoms with van der Waals surface area (Å²) in [6, 6.07) is 6.76. The molecule has 0 spiro atoms. The number of benzene rings is 1. The number of hydrogen-bond donors (Lipinski definition) is 0. The van der Waals surface area contributed by atoms with Gasteiger partial charge in [0.2, 0.25) is 0 Å². The lowest BCUT2D eigenvalue weighted by atomic mass is 10.1. The number of ether oxygens (including phenoxy) is 3. The largest absolute Gasteiger partial charge is 0.490 e. The molecule has 1 unspecified atom stereocenters. The SMILES string of the molecule is CCOc1cc(C#N)ccc1OC(=O)C1CCOC1. The van der Waals surface area contributed by atoms with Crippen LogP contribution >= 0.6 is 0 Å². The van der Waals surface area contributed by atoms with Gasteiger partial charge in [0.05, 0.1) is 30.8 Å². The summed E-state index contributed by atoms with van der Waals surface area (Å²) in [4.78, 5) is 11.9. The lowest BCUT2D eigenvalue weighted by Crippen LogP contribution is -2.20. The molecular formula is C14H15NO4. The molecule has 1 heterocycles. The van der Waals surface area contributed by atoms with E-state index in [9.17, 15) is 4.79 Å². The zero-order valence-corrected chi connectivity index (χ0v) is 10.7. The molecule has 5 heteroatoms. The Morgan fingerprint density at radius 1 is 1.53 bits per heavy atom. The van der Waals surface area contributed by atoms with Crippen LogP contribution in [0, 0.1) is 17.2 Å². The Morgan fingerprint density at radius 2 is 2.37 bits per heavy atom. The van der Waals surface area contributed by atoms with Gasteiger partial charge in [-0.05, 0) is 25.5 Å². The highest BCUT2D eigenvalue weighted by atomic mass is 16.6. The molecule has 1 atom stereocenters. The Hall–Kier alpha value is -2.06. The van der Waals surface area contributed by atoms with E-state index in [1.54, 1.807) is 18.2 Å². The molecule has 5 nitrogen and oxygen atoms in total. The summed E-state index contributed by atoms with van der Waals surface area (Å²) >= 11 is 0. The quantitative estimate of drug-likeness (QED) is 0.611. The summed E-state index contributed by atoms with van der Waals surface area (Å²) in [5.74, 6) is 0.222. The highest BCUT2D eigenvalue weighted by Crippen LogP contribution is 2.29. The smallest absolute Gasteiger partial charge is 0.316 e. The predicted octanol–water partition coefficient (Wildman–Crippen LogP) is 1.90. The van der Waals surface area contributed by atoms with Crippen molar-refractivity contribution in [2.75, 3.05) is 19.8 Å².